The minimum atomic E-state index is -0.910. The third-order valence-corrected chi connectivity index (χ3v) is 4.86. The van der Waals surface area contributed by atoms with Crippen LogP contribution in [0.2, 0.25) is 0 Å². The van der Waals surface area contributed by atoms with Gasteiger partial charge in [-0.25, -0.2) is 0 Å². The largest absolute Gasteiger partial charge is 0.469 e. The standard InChI is InChI=1S/C13H18N4O4S/c1-12(2,10(18)21-5)13(3,4)15-8-9(17(19)20)16-6-7-22-11(16)14-8/h6-7,15H,1-5H3. The van der Waals surface area contributed by atoms with Crippen molar-refractivity contribution in [3.63, 3.8) is 0 Å². The summed E-state index contributed by atoms with van der Waals surface area (Å²) in [5.74, 6) is -0.419. The summed E-state index contributed by atoms with van der Waals surface area (Å²) in [6, 6.07) is 0. The van der Waals surface area contributed by atoms with E-state index in [9.17, 15) is 14.9 Å². The van der Waals surface area contributed by atoms with Crippen molar-refractivity contribution in [2.45, 2.75) is 33.2 Å². The third-order valence-electron chi connectivity index (χ3n) is 4.10. The monoisotopic (exact) mass is 326 g/mol. The summed E-state index contributed by atoms with van der Waals surface area (Å²) in [5, 5.41) is 16.1. The summed E-state index contributed by atoms with van der Waals surface area (Å²) in [7, 11) is 1.31. The van der Waals surface area contributed by atoms with Gasteiger partial charge in [-0.1, -0.05) is 11.3 Å². The minimum Gasteiger partial charge on any atom is -0.469 e. The number of nitrogens with one attached hydrogen (secondary N) is 1. The Morgan fingerprint density at radius 1 is 1.45 bits per heavy atom. The number of esters is 1. The molecule has 0 atom stereocenters. The molecule has 0 amide bonds. The Hall–Kier alpha value is -2.16. The molecule has 1 N–H and O–H groups in total. The first-order valence-corrected chi connectivity index (χ1v) is 7.46. The number of hydrogen-bond acceptors (Lipinski definition) is 7. The Morgan fingerprint density at radius 2 is 2.09 bits per heavy atom. The van der Waals surface area contributed by atoms with Crippen LogP contribution in [-0.2, 0) is 9.53 Å². The lowest BCUT2D eigenvalue weighted by Crippen LogP contribution is -2.51. The first-order valence-electron chi connectivity index (χ1n) is 6.58. The van der Waals surface area contributed by atoms with Gasteiger partial charge in [-0.2, -0.15) is 9.38 Å². The summed E-state index contributed by atoms with van der Waals surface area (Å²) >= 11 is 1.30. The van der Waals surface area contributed by atoms with Gasteiger partial charge in [0, 0.05) is 10.9 Å². The number of hydrogen-bond donors (Lipinski definition) is 1. The number of carbonyl (C=O) groups excluding carboxylic acids is 1. The van der Waals surface area contributed by atoms with Crippen LogP contribution in [0.4, 0.5) is 11.6 Å². The molecule has 0 spiro atoms. The summed E-state index contributed by atoms with van der Waals surface area (Å²) in [6.07, 6.45) is 1.59. The van der Waals surface area contributed by atoms with Crippen molar-refractivity contribution in [1.82, 2.24) is 9.38 Å². The molecule has 0 aliphatic rings. The molecule has 2 aromatic heterocycles. The average molecular weight is 326 g/mol. The highest BCUT2D eigenvalue weighted by molar-refractivity contribution is 7.15. The van der Waals surface area contributed by atoms with E-state index in [4.69, 9.17) is 4.74 Å². The highest BCUT2D eigenvalue weighted by Gasteiger charge is 2.46. The van der Waals surface area contributed by atoms with E-state index in [1.165, 1.54) is 22.8 Å². The Morgan fingerprint density at radius 3 is 2.64 bits per heavy atom. The first kappa shape index (κ1) is 16.2. The Kier molecular flexibility index (Phi) is 3.86. The highest BCUT2D eigenvalue weighted by Crippen LogP contribution is 2.37. The number of anilines is 1. The number of ether oxygens (including phenoxy) is 1. The van der Waals surface area contributed by atoms with Gasteiger partial charge in [0.15, 0.2) is 0 Å². The van der Waals surface area contributed by atoms with Gasteiger partial charge in [0.1, 0.15) is 6.20 Å². The molecule has 0 aliphatic heterocycles. The number of methoxy groups -OCH3 is 1. The van der Waals surface area contributed by atoms with Crippen LogP contribution in [0.15, 0.2) is 11.6 Å². The van der Waals surface area contributed by atoms with E-state index in [0.29, 0.717) is 4.96 Å². The van der Waals surface area contributed by atoms with Crippen LogP contribution >= 0.6 is 11.3 Å². The molecule has 0 unspecified atom stereocenters. The van der Waals surface area contributed by atoms with Crippen LogP contribution in [0.25, 0.3) is 4.96 Å². The van der Waals surface area contributed by atoms with E-state index < -0.39 is 21.8 Å². The van der Waals surface area contributed by atoms with Gasteiger partial charge in [-0.15, -0.1) is 0 Å². The van der Waals surface area contributed by atoms with Crippen molar-refractivity contribution >= 4 is 33.9 Å². The molecular formula is C13H18N4O4S. The number of nitro groups is 1. The molecule has 0 aliphatic carbocycles. The van der Waals surface area contributed by atoms with E-state index in [1.807, 2.05) is 0 Å². The number of thiazole rings is 1. The van der Waals surface area contributed by atoms with Crippen LogP contribution in [0.1, 0.15) is 27.7 Å². The third kappa shape index (κ3) is 2.41. The fraction of sp³-hybridized carbons (Fsp3) is 0.538. The summed E-state index contributed by atoms with van der Waals surface area (Å²) in [4.78, 5) is 27.6. The molecule has 2 aromatic rings. The van der Waals surface area contributed by atoms with Crippen LogP contribution in [0.3, 0.4) is 0 Å². The predicted octanol–water partition coefficient (Wildman–Crippen LogP) is 2.69. The zero-order valence-corrected chi connectivity index (χ0v) is 13.9. The number of aromatic nitrogens is 2. The Bertz CT molecular complexity index is 732. The number of fused-ring (bicyclic) bond motifs is 1. The zero-order chi connectivity index (χ0) is 16.7. The molecule has 9 heteroatoms. The van der Waals surface area contributed by atoms with Crippen molar-refractivity contribution in [2.75, 3.05) is 12.4 Å². The molecule has 8 nitrogen and oxygen atoms in total. The van der Waals surface area contributed by atoms with E-state index in [1.54, 1.807) is 39.3 Å². The molecule has 0 aromatic carbocycles. The smallest absolute Gasteiger partial charge is 0.372 e. The molecule has 0 saturated heterocycles. The summed E-state index contributed by atoms with van der Waals surface area (Å²) < 4.78 is 6.24. The summed E-state index contributed by atoms with van der Waals surface area (Å²) in [6.45, 7) is 6.99. The topological polar surface area (TPSA) is 98.8 Å². The van der Waals surface area contributed by atoms with Crippen molar-refractivity contribution in [3.8, 4) is 0 Å². The second kappa shape index (κ2) is 5.24. The summed E-state index contributed by atoms with van der Waals surface area (Å²) in [5.41, 5.74) is -1.72. The van der Waals surface area contributed by atoms with E-state index in [-0.39, 0.29) is 11.6 Å². The number of rotatable bonds is 5. The van der Waals surface area contributed by atoms with Crippen LogP contribution in [-0.4, -0.2) is 32.9 Å². The van der Waals surface area contributed by atoms with Gasteiger partial charge >= 0.3 is 11.8 Å². The van der Waals surface area contributed by atoms with Gasteiger partial charge in [0.05, 0.1) is 12.5 Å². The second-order valence-corrected chi connectivity index (χ2v) is 6.84. The van der Waals surface area contributed by atoms with Crippen molar-refractivity contribution in [3.05, 3.63) is 21.7 Å². The fourth-order valence-corrected chi connectivity index (χ4v) is 2.70. The average Bonchev–Trinajstić information content (AvgIpc) is 2.96. The maximum absolute atomic E-state index is 12.0. The van der Waals surface area contributed by atoms with Crippen LogP contribution in [0, 0.1) is 15.5 Å². The molecule has 2 heterocycles. The highest BCUT2D eigenvalue weighted by atomic mass is 32.1. The van der Waals surface area contributed by atoms with Gasteiger partial charge in [0.2, 0.25) is 5.82 Å². The molecule has 0 bridgehead atoms. The lowest BCUT2D eigenvalue weighted by atomic mass is 9.74. The molecule has 0 fully saturated rings. The lowest BCUT2D eigenvalue weighted by Gasteiger charge is -2.39. The van der Waals surface area contributed by atoms with Crippen molar-refractivity contribution in [2.24, 2.45) is 5.41 Å². The number of imidazole rings is 1. The molecule has 22 heavy (non-hydrogen) atoms. The maximum Gasteiger partial charge on any atom is 0.372 e. The Labute approximate surface area is 131 Å². The van der Waals surface area contributed by atoms with Crippen LogP contribution < -0.4 is 5.32 Å². The first-order chi connectivity index (χ1) is 10.1. The SMILES string of the molecule is COC(=O)C(C)(C)C(C)(C)Nc1nc2sccn2c1[N+](=O)[O-]. The number of carbonyl (C=O) groups is 1. The van der Waals surface area contributed by atoms with Gasteiger partial charge in [0.25, 0.3) is 4.96 Å². The van der Waals surface area contributed by atoms with Crippen LogP contribution in [0.5, 0.6) is 0 Å². The quantitative estimate of drug-likeness (QED) is 0.515. The number of nitrogens with zero attached hydrogens (tertiary/aromatic N) is 3. The molecule has 0 saturated carbocycles. The maximum atomic E-state index is 12.0. The predicted molar refractivity (Wildman–Crippen MR) is 83.2 cm³/mol. The molecule has 120 valence electrons. The lowest BCUT2D eigenvalue weighted by molar-refractivity contribution is -0.389. The molecule has 0 radical (unpaired) electrons. The van der Waals surface area contributed by atoms with Gasteiger partial charge in [-0.05, 0) is 32.6 Å². The molecule has 2 rings (SSSR count). The van der Waals surface area contributed by atoms with Crippen molar-refractivity contribution < 1.29 is 14.5 Å². The van der Waals surface area contributed by atoms with E-state index in [2.05, 4.69) is 10.3 Å². The van der Waals surface area contributed by atoms with Gasteiger partial charge < -0.3 is 20.2 Å². The molecular weight excluding hydrogens is 308 g/mol. The van der Waals surface area contributed by atoms with E-state index in [0.717, 1.165) is 0 Å². The Balaban J connectivity index is 2.45. The van der Waals surface area contributed by atoms with Crippen molar-refractivity contribution in [1.29, 1.82) is 0 Å². The minimum absolute atomic E-state index is 0.138. The second-order valence-electron chi connectivity index (χ2n) is 5.96. The fourth-order valence-electron chi connectivity index (χ4n) is 1.99. The normalized spacial score (nSPS) is 12.4. The van der Waals surface area contributed by atoms with E-state index >= 15 is 0 Å². The van der Waals surface area contributed by atoms with Gasteiger partial charge in [-0.3, -0.25) is 4.79 Å². The zero-order valence-electron chi connectivity index (χ0n) is 13.0.